The van der Waals surface area contributed by atoms with Crippen LogP contribution in [0.1, 0.15) is 37.2 Å². The van der Waals surface area contributed by atoms with Gasteiger partial charge in [0.05, 0.1) is 0 Å². The number of hydrogen-bond donors (Lipinski definition) is 1. The molecule has 0 spiro atoms. The van der Waals surface area contributed by atoms with Crippen LogP contribution in [0.2, 0.25) is 0 Å². The molecule has 2 aliphatic rings. The van der Waals surface area contributed by atoms with Gasteiger partial charge < -0.3 is 15.1 Å². The van der Waals surface area contributed by atoms with Gasteiger partial charge in [-0.1, -0.05) is 30.3 Å². The van der Waals surface area contributed by atoms with E-state index in [1.807, 2.05) is 0 Å². The lowest BCUT2D eigenvalue weighted by molar-refractivity contribution is 0.173. The number of rotatable bonds is 6. The Bertz CT molecular complexity index is 523. The van der Waals surface area contributed by atoms with E-state index in [0.717, 1.165) is 30.8 Å². The molecule has 1 heterocycles. The van der Waals surface area contributed by atoms with Gasteiger partial charge in [0.2, 0.25) is 0 Å². The number of likely N-dealkylation sites (tertiary alicyclic amines) is 1. The predicted molar refractivity (Wildman–Crippen MR) is 98.2 cm³/mol. The molecule has 24 heavy (non-hydrogen) atoms. The van der Waals surface area contributed by atoms with Crippen molar-refractivity contribution in [3.8, 4) is 0 Å². The summed E-state index contributed by atoms with van der Waals surface area (Å²) in [6, 6.07) is 11.0. The fraction of sp³-hybridized carbons (Fsp3) is 0.650. The lowest BCUT2D eigenvalue weighted by atomic mass is 9.90. The summed E-state index contributed by atoms with van der Waals surface area (Å²) in [4.78, 5) is 15.6. The van der Waals surface area contributed by atoms with Crippen LogP contribution >= 0.6 is 0 Å². The van der Waals surface area contributed by atoms with Crippen LogP contribution in [-0.2, 0) is 0 Å². The molecule has 1 aliphatic heterocycles. The van der Waals surface area contributed by atoms with Crippen molar-refractivity contribution in [3.63, 3.8) is 0 Å². The molecule has 132 valence electrons. The highest BCUT2D eigenvalue weighted by Gasteiger charge is 2.39. The largest absolute Gasteiger partial charge is 0.337 e. The van der Waals surface area contributed by atoms with Crippen molar-refractivity contribution in [2.45, 2.75) is 31.6 Å². The first kappa shape index (κ1) is 17.3. The van der Waals surface area contributed by atoms with Crippen molar-refractivity contribution in [3.05, 3.63) is 35.9 Å². The number of urea groups is 1. The van der Waals surface area contributed by atoms with E-state index in [9.17, 15) is 4.79 Å². The molecule has 1 aromatic rings. The van der Waals surface area contributed by atoms with Gasteiger partial charge in [0.25, 0.3) is 0 Å². The summed E-state index contributed by atoms with van der Waals surface area (Å²) in [7, 11) is 3.56. The highest BCUT2D eigenvalue weighted by molar-refractivity contribution is 5.73. The Hall–Kier alpha value is -1.55. The molecule has 0 radical (unpaired) electrons. The summed E-state index contributed by atoms with van der Waals surface area (Å²) in [6.07, 6.45) is 5.44. The molecule has 2 atom stereocenters. The van der Waals surface area contributed by atoms with Gasteiger partial charge in [-0.2, -0.15) is 0 Å². The lowest BCUT2D eigenvalue weighted by Gasteiger charge is -2.32. The molecule has 1 aromatic carbocycles. The maximum absolute atomic E-state index is 11.5. The Morgan fingerprint density at radius 2 is 1.92 bits per heavy atom. The van der Waals surface area contributed by atoms with Crippen molar-refractivity contribution in [1.82, 2.24) is 15.1 Å². The molecule has 4 heteroatoms. The van der Waals surface area contributed by atoms with Crippen LogP contribution < -0.4 is 5.32 Å². The number of piperidine rings is 1. The van der Waals surface area contributed by atoms with Crippen LogP contribution in [0.3, 0.4) is 0 Å². The van der Waals surface area contributed by atoms with Gasteiger partial charge in [-0.05, 0) is 62.1 Å². The Morgan fingerprint density at radius 1 is 1.21 bits per heavy atom. The average molecular weight is 329 g/mol. The molecule has 1 aliphatic carbocycles. The number of carbonyl (C=O) groups is 1. The highest BCUT2D eigenvalue weighted by Crippen LogP contribution is 2.51. The molecule has 1 N–H and O–H groups in total. The van der Waals surface area contributed by atoms with Gasteiger partial charge in [-0.15, -0.1) is 0 Å². The molecular formula is C20H31N3O. The lowest BCUT2D eigenvalue weighted by Crippen LogP contribution is -2.42. The number of carbonyl (C=O) groups excluding carboxylic acids is 1. The summed E-state index contributed by atoms with van der Waals surface area (Å²) in [5.74, 6) is 2.64. The third-order valence-electron chi connectivity index (χ3n) is 5.60. The molecule has 2 amide bonds. The fourth-order valence-corrected chi connectivity index (χ4v) is 3.97. The molecule has 2 fully saturated rings. The van der Waals surface area contributed by atoms with Gasteiger partial charge in [0.15, 0.2) is 0 Å². The number of benzene rings is 1. The maximum Gasteiger partial charge on any atom is 0.316 e. The van der Waals surface area contributed by atoms with Gasteiger partial charge in [-0.3, -0.25) is 0 Å². The van der Waals surface area contributed by atoms with E-state index >= 15 is 0 Å². The predicted octanol–water partition coefficient (Wildman–Crippen LogP) is 3.16. The number of hydrogen-bond acceptors (Lipinski definition) is 2. The van der Waals surface area contributed by atoms with Crippen molar-refractivity contribution < 1.29 is 4.79 Å². The monoisotopic (exact) mass is 329 g/mol. The van der Waals surface area contributed by atoms with Gasteiger partial charge >= 0.3 is 6.03 Å². The highest BCUT2D eigenvalue weighted by atomic mass is 16.2. The van der Waals surface area contributed by atoms with Gasteiger partial charge in [-0.25, -0.2) is 4.79 Å². The summed E-state index contributed by atoms with van der Waals surface area (Å²) in [5, 5.41) is 2.95. The first-order chi connectivity index (χ1) is 11.6. The molecule has 0 unspecified atom stereocenters. The molecule has 0 aromatic heterocycles. The normalized spacial score (nSPS) is 24.6. The van der Waals surface area contributed by atoms with E-state index in [-0.39, 0.29) is 6.03 Å². The van der Waals surface area contributed by atoms with Crippen molar-refractivity contribution in [1.29, 1.82) is 0 Å². The fourth-order valence-electron chi connectivity index (χ4n) is 3.97. The first-order valence-electron chi connectivity index (χ1n) is 9.36. The summed E-state index contributed by atoms with van der Waals surface area (Å²) >= 11 is 0. The Morgan fingerprint density at radius 3 is 2.58 bits per heavy atom. The van der Waals surface area contributed by atoms with E-state index in [2.05, 4.69) is 40.5 Å². The van der Waals surface area contributed by atoms with E-state index in [4.69, 9.17) is 0 Å². The zero-order valence-corrected chi connectivity index (χ0v) is 15.1. The quantitative estimate of drug-likeness (QED) is 0.870. The van der Waals surface area contributed by atoms with E-state index in [1.54, 1.807) is 19.0 Å². The Balaban J connectivity index is 1.31. The Kier molecular flexibility index (Phi) is 5.77. The molecule has 1 saturated carbocycles. The molecule has 4 nitrogen and oxygen atoms in total. The van der Waals surface area contributed by atoms with Crippen LogP contribution in [0, 0.1) is 11.8 Å². The minimum absolute atomic E-state index is 0.00516. The van der Waals surface area contributed by atoms with Crippen molar-refractivity contribution in [2.24, 2.45) is 11.8 Å². The number of amides is 2. The zero-order chi connectivity index (χ0) is 16.9. The van der Waals surface area contributed by atoms with E-state index in [1.165, 1.54) is 44.3 Å². The first-order valence-corrected chi connectivity index (χ1v) is 9.36. The SMILES string of the molecule is CN(C)C(=O)NCCN1CCC(C[C@@H]2C[C@H]2c2ccccc2)CC1. The second-order valence-electron chi connectivity index (χ2n) is 7.66. The molecule has 3 rings (SSSR count). The molecule has 0 bridgehead atoms. The number of nitrogens with zero attached hydrogens (tertiary/aromatic N) is 2. The molecular weight excluding hydrogens is 298 g/mol. The second kappa shape index (κ2) is 8.02. The maximum atomic E-state index is 11.5. The standard InChI is InChI=1S/C20H31N3O/c1-22(2)20(24)21-10-13-23-11-8-16(9-12-23)14-18-15-19(18)17-6-4-3-5-7-17/h3-7,16,18-19H,8-15H2,1-2H3,(H,21,24)/t18-,19+/m1/s1. The van der Waals surface area contributed by atoms with Crippen LogP contribution in [0.25, 0.3) is 0 Å². The van der Waals surface area contributed by atoms with Crippen LogP contribution in [0.5, 0.6) is 0 Å². The summed E-state index contributed by atoms with van der Waals surface area (Å²) < 4.78 is 0. The average Bonchev–Trinajstić information content (AvgIpc) is 3.36. The zero-order valence-electron chi connectivity index (χ0n) is 15.1. The summed E-state index contributed by atoms with van der Waals surface area (Å²) in [5.41, 5.74) is 1.54. The smallest absolute Gasteiger partial charge is 0.316 e. The van der Waals surface area contributed by atoms with Gasteiger partial charge in [0, 0.05) is 27.2 Å². The van der Waals surface area contributed by atoms with E-state index < -0.39 is 0 Å². The van der Waals surface area contributed by atoms with E-state index in [0.29, 0.717) is 0 Å². The number of nitrogens with one attached hydrogen (secondary N) is 1. The van der Waals surface area contributed by atoms with Crippen LogP contribution in [0.15, 0.2) is 30.3 Å². The third kappa shape index (κ3) is 4.73. The topological polar surface area (TPSA) is 35.6 Å². The minimum Gasteiger partial charge on any atom is -0.337 e. The molecule has 1 saturated heterocycles. The third-order valence-corrected chi connectivity index (χ3v) is 5.60. The minimum atomic E-state index is 0.00516. The Labute approximate surface area is 146 Å². The summed E-state index contributed by atoms with van der Waals surface area (Å²) in [6.45, 7) is 4.10. The van der Waals surface area contributed by atoms with Crippen LogP contribution in [-0.4, -0.2) is 56.1 Å². The van der Waals surface area contributed by atoms with Crippen molar-refractivity contribution in [2.75, 3.05) is 40.3 Å². The second-order valence-corrected chi connectivity index (χ2v) is 7.66. The van der Waals surface area contributed by atoms with Crippen molar-refractivity contribution >= 4 is 6.03 Å². The van der Waals surface area contributed by atoms with Crippen LogP contribution in [0.4, 0.5) is 4.79 Å². The van der Waals surface area contributed by atoms with Gasteiger partial charge in [0.1, 0.15) is 0 Å².